The van der Waals surface area contributed by atoms with Crippen LogP contribution in [0.4, 0.5) is 5.69 Å². The second-order valence-electron chi connectivity index (χ2n) is 8.47. The molecule has 8 heteroatoms. The minimum absolute atomic E-state index is 0.0549. The van der Waals surface area contributed by atoms with Crippen LogP contribution in [0.25, 0.3) is 0 Å². The molecule has 2 rings (SSSR count). The molecule has 0 aliphatic carbocycles. The Kier molecular flexibility index (Phi) is 7.59. The smallest absolute Gasteiger partial charge is 0.241 e. The Bertz CT molecular complexity index is 1010. The zero-order valence-electron chi connectivity index (χ0n) is 19.2. The summed E-state index contributed by atoms with van der Waals surface area (Å²) in [5.74, 6) is 0.733. The van der Waals surface area contributed by atoms with E-state index in [1.807, 2.05) is 25.1 Å². The van der Waals surface area contributed by atoms with Gasteiger partial charge in [0.2, 0.25) is 15.9 Å². The fraction of sp³-hybridized carbons (Fsp3) is 0.435. The summed E-state index contributed by atoms with van der Waals surface area (Å²) in [6, 6.07) is 12.2. The van der Waals surface area contributed by atoms with Gasteiger partial charge in [-0.05, 0) is 47.7 Å². The molecule has 0 aliphatic heterocycles. The number of carbonyl (C=O) groups excluding carboxylic acids is 1. The Balaban J connectivity index is 2.18. The van der Waals surface area contributed by atoms with Gasteiger partial charge in [0, 0.05) is 0 Å². The number of hydrogen-bond acceptors (Lipinski definition) is 5. The molecule has 0 aliphatic rings. The normalized spacial score (nSPS) is 12.7. The molecular weight excluding hydrogens is 416 g/mol. The molecule has 1 atom stereocenters. The number of benzene rings is 2. The molecule has 0 radical (unpaired) electrons. The molecule has 1 N–H and O–H groups in total. The van der Waals surface area contributed by atoms with Crippen molar-refractivity contribution in [2.45, 2.75) is 39.2 Å². The van der Waals surface area contributed by atoms with Gasteiger partial charge in [0.05, 0.1) is 32.2 Å². The number of amides is 1. The van der Waals surface area contributed by atoms with Crippen molar-refractivity contribution in [2.75, 3.05) is 31.3 Å². The number of carbonyl (C=O) groups is 1. The summed E-state index contributed by atoms with van der Waals surface area (Å²) in [6.45, 7) is 7.76. The number of rotatable bonds is 8. The Hall–Kier alpha value is -2.74. The summed E-state index contributed by atoms with van der Waals surface area (Å²) in [4.78, 5) is 12.7. The van der Waals surface area contributed by atoms with Crippen molar-refractivity contribution in [1.82, 2.24) is 5.32 Å². The maximum Gasteiger partial charge on any atom is 0.241 e. The predicted octanol–water partition coefficient (Wildman–Crippen LogP) is 3.64. The van der Waals surface area contributed by atoms with E-state index in [1.54, 1.807) is 38.5 Å². The Morgan fingerprint density at radius 2 is 1.61 bits per heavy atom. The molecule has 0 saturated carbocycles. The van der Waals surface area contributed by atoms with Gasteiger partial charge in [0.25, 0.3) is 0 Å². The van der Waals surface area contributed by atoms with Crippen molar-refractivity contribution in [2.24, 2.45) is 0 Å². The summed E-state index contributed by atoms with van der Waals surface area (Å²) in [7, 11) is -0.552. The molecule has 2 aromatic carbocycles. The zero-order valence-corrected chi connectivity index (χ0v) is 20.0. The van der Waals surface area contributed by atoms with E-state index in [9.17, 15) is 13.2 Å². The first-order valence-corrected chi connectivity index (χ1v) is 11.8. The quantitative estimate of drug-likeness (QED) is 0.666. The Morgan fingerprint density at radius 1 is 1.03 bits per heavy atom. The highest BCUT2D eigenvalue weighted by Gasteiger charge is 2.23. The van der Waals surface area contributed by atoms with E-state index in [-0.39, 0.29) is 18.0 Å². The fourth-order valence-corrected chi connectivity index (χ4v) is 4.01. The minimum atomic E-state index is -3.65. The van der Waals surface area contributed by atoms with Crippen LogP contribution in [0.15, 0.2) is 42.5 Å². The van der Waals surface area contributed by atoms with Crippen LogP contribution < -0.4 is 19.1 Å². The fourth-order valence-electron chi connectivity index (χ4n) is 3.15. The molecule has 0 saturated heterocycles. The van der Waals surface area contributed by atoms with Crippen molar-refractivity contribution >= 4 is 21.6 Å². The van der Waals surface area contributed by atoms with Crippen molar-refractivity contribution in [3.8, 4) is 11.5 Å². The van der Waals surface area contributed by atoms with Gasteiger partial charge < -0.3 is 14.8 Å². The lowest BCUT2D eigenvalue weighted by molar-refractivity contribution is -0.120. The first kappa shape index (κ1) is 24.5. The van der Waals surface area contributed by atoms with Crippen LogP contribution in [0.3, 0.4) is 0 Å². The highest BCUT2D eigenvalue weighted by atomic mass is 32.2. The number of sulfonamides is 1. The van der Waals surface area contributed by atoms with Gasteiger partial charge in [-0.25, -0.2) is 8.42 Å². The molecular formula is C23H32N2O5S. The van der Waals surface area contributed by atoms with Crippen molar-refractivity contribution in [3.63, 3.8) is 0 Å². The van der Waals surface area contributed by atoms with Crippen LogP contribution in [0, 0.1) is 0 Å². The molecule has 0 spiro atoms. The van der Waals surface area contributed by atoms with Gasteiger partial charge in [-0.2, -0.15) is 0 Å². The third-order valence-electron chi connectivity index (χ3n) is 4.99. The summed E-state index contributed by atoms with van der Waals surface area (Å²) in [5, 5.41) is 2.85. The third-order valence-corrected chi connectivity index (χ3v) is 6.13. The average molecular weight is 449 g/mol. The number of hydrogen-bond donors (Lipinski definition) is 1. The van der Waals surface area contributed by atoms with Crippen LogP contribution in [0.1, 0.15) is 44.9 Å². The van der Waals surface area contributed by atoms with E-state index in [1.165, 1.54) is 0 Å². The summed E-state index contributed by atoms with van der Waals surface area (Å²) in [5.41, 5.74) is 2.29. The van der Waals surface area contributed by atoms with Crippen LogP contribution in [-0.4, -0.2) is 41.3 Å². The van der Waals surface area contributed by atoms with Gasteiger partial charge in [-0.15, -0.1) is 0 Å². The summed E-state index contributed by atoms with van der Waals surface area (Å²) >= 11 is 0. The molecule has 0 bridgehead atoms. The molecule has 31 heavy (non-hydrogen) atoms. The number of anilines is 1. The molecule has 7 nitrogen and oxygen atoms in total. The lowest BCUT2D eigenvalue weighted by Crippen LogP contribution is -2.41. The van der Waals surface area contributed by atoms with Crippen LogP contribution in [0.5, 0.6) is 11.5 Å². The van der Waals surface area contributed by atoms with Crippen LogP contribution in [0.2, 0.25) is 0 Å². The molecule has 170 valence electrons. The van der Waals surface area contributed by atoms with Gasteiger partial charge in [-0.3, -0.25) is 9.10 Å². The number of methoxy groups -OCH3 is 2. The Labute approximate surface area is 185 Å². The molecule has 0 fully saturated rings. The molecule has 1 unspecified atom stereocenters. The molecule has 1 amide bonds. The van der Waals surface area contributed by atoms with Crippen molar-refractivity contribution in [1.29, 1.82) is 0 Å². The number of nitrogens with zero attached hydrogens (tertiary/aromatic N) is 1. The Morgan fingerprint density at radius 3 is 2.10 bits per heavy atom. The maximum absolute atomic E-state index is 12.7. The van der Waals surface area contributed by atoms with Gasteiger partial charge >= 0.3 is 0 Å². The first-order valence-electron chi connectivity index (χ1n) is 9.96. The topological polar surface area (TPSA) is 84.9 Å². The standard InChI is InChI=1S/C23H32N2O5S/c1-16(17-8-13-20(29-5)21(14-17)30-6)24-22(26)15-25(31(7,27)28)19-11-9-18(10-12-19)23(2,3)4/h8-14,16H,15H2,1-7H3,(H,24,26). The van der Waals surface area contributed by atoms with E-state index >= 15 is 0 Å². The van der Waals surface area contributed by atoms with E-state index < -0.39 is 15.9 Å². The second kappa shape index (κ2) is 9.60. The average Bonchev–Trinajstić information content (AvgIpc) is 2.70. The van der Waals surface area contributed by atoms with Crippen LogP contribution >= 0.6 is 0 Å². The second-order valence-corrected chi connectivity index (χ2v) is 10.4. The number of ether oxygens (including phenoxy) is 2. The zero-order chi connectivity index (χ0) is 23.4. The lowest BCUT2D eigenvalue weighted by atomic mass is 9.87. The third kappa shape index (κ3) is 6.37. The van der Waals surface area contributed by atoms with E-state index in [2.05, 4.69) is 26.1 Å². The SMILES string of the molecule is COc1ccc(C(C)NC(=O)CN(c2ccc(C(C)(C)C)cc2)S(C)(=O)=O)cc1OC. The van der Waals surface area contributed by atoms with Crippen LogP contribution in [-0.2, 0) is 20.2 Å². The summed E-state index contributed by atoms with van der Waals surface area (Å²) < 4.78 is 36.4. The lowest BCUT2D eigenvalue weighted by Gasteiger charge is -2.25. The van der Waals surface area contributed by atoms with Gasteiger partial charge in [0.1, 0.15) is 6.54 Å². The van der Waals surface area contributed by atoms with E-state index in [4.69, 9.17) is 9.47 Å². The minimum Gasteiger partial charge on any atom is -0.493 e. The van der Waals surface area contributed by atoms with Gasteiger partial charge in [-0.1, -0.05) is 39.0 Å². The highest BCUT2D eigenvalue weighted by molar-refractivity contribution is 7.92. The largest absolute Gasteiger partial charge is 0.493 e. The van der Waals surface area contributed by atoms with Crippen molar-refractivity contribution < 1.29 is 22.7 Å². The predicted molar refractivity (Wildman–Crippen MR) is 123 cm³/mol. The number of nitrogens with one attached hydrogen (secondary N) is 1. The molecule has 0 heterocycles. The molecule has 2 aromatic rings. The van der Waals surface area contributed by atoms with Crippen molar-refractivity contribution in [3.05, 3.63) is 53.6 Å². The van der Waals surface area contributed by atoms with E-state index in [0.717, 1.165) is 21.7 Å². The maximum atomic E-state index is 12.7. The first-order chi connectivity index (χ1) is 14.4. The summed E-state index contributed by atoms with van der Waals surface area (Å²) in [6.07, 6.45) is 1.09. The molecule has 0 aromatic heterocycles. The monoisotopic (exact) mass is 448 g/mol. The highest BCUT2D eigenvalue weighted by Crippen LogP contribution is 2.30. The van der Waals surface area contributed by atoms with E-state index in [0.29, 0.717) is 17.2 Å². The van der Waals surface area contributed by atoms with Gasteiger partial charge in [0.15, 0.2) is 11.5 Å².